The van der Waals surface area contributed by atoms with E-state index in [2.05, 4.69) is 20.3 Å². The minimum atomic E-state index is -3.71. The van der Waals surface area contributed by atoms with E-state index in [0.29, 0.717) is 11.6 Å². The monoisotopic (exact) mass is 385 g/mol. The number of pyridine rings is 1. The molecule has 0 spiro atoms. The predicted molar refractivity (Wildman–Crippen MR) is 101 cm³/mol. The van der Waals surface area contributed by atoms with E-state index in [9.17, 15) is 8.42 Å². The number of rotatable bonds is 3. The number of sulfonamides is 1. The Hall–Kier alpha value is -2.49. The van der Waals surface area contributed by atoms with Crippen molar-refractivity contribution in [2.45, 2.75) is 22.6 Å². The molecule has 0 saturated heterocycles. The lowest BCUT2D eigenvalue weighted by Crippen LogP contribution is -2.11. The molecule has 0 fully saturated rings. The van der Waals surface area contributed by atoms with E-state index in [4.69, 9.17) is 5.14 Å². The molecule has 0 atom stereocenters. The van der Waals surface area contributed by atoms with Crippen molar-refractivity contribution < 1.29 is 8.42 Å². The van der Waals surface area contributed by atoms with Gasteiger partial charge >= 0.3 is 0 Å². The number of hydrogen-bond acceptors (Lipinski definition) is 7. The highest BCUT2D eigenvalue weighted by molar-refractivity contribution is 7.98. The van der Waals surface area contributed by atoms with Gasteiger partial charge in [0.25, 0.3) is 0 Å². The lowest BCUT2D eigenvalue weighted by atomic mass is 10.1. The second kappa shape index (κ2) is 6.35. The standard InChI is InChI=1S/C17H15N5O2S2/c1-10-2-7-14-15-11(9-25-16(14)20-10)8-19-17(22-15)21-12-3-5-13(6-4-12)26(18,23)24/h2-8H,9H2,1H3,(H2,18,23,24)(H,19,21,22). The van der Waals surface area contributed by atoms with E-state index in [1.165, 1.54) is 12.1 Å². The Morgan fingerprint density at radius 3 is 2.62 bits per heavy atom. The van der Waals surface area contributed by atoms with Gasteiger partial charge in [-0.15, -0.1) is 11.8 Å². The van der Waals surface area contributed by atoms with Crippen LogP contribution in [0.1, 0.15) is 11.3 Å². The van der Waals surface area contributed by atoms with Crippen LogP contribution < -0.4 is 10.5 Å². The van der Waals surface area contributed by atoms with Gasteiger partial charge in [0.05, 0.1) is 10.6 Å². The molecular weight excluding hydrogens is 370 g/mol. The summed E-state index contributed by atoms with van der Waals surface area (Å²) in [4.78, 5) is 13.6. The average molecular weight is 385 g/mol. The highest BCUT2D eigenvalue weighted by atomic mass is 32.2. The maximum Gasteiger partial charge on any atom is 0.238 e. The fraction of sp³-hybridized carbons (Fsp3) is 0.118. The summed E-state index contributed by atoms with van der Waals surface area (Å²) < 4.78 is 22.7. The third-order valence-electron chi connectivity index (χ3n) is 3.92. The average Bonchev–Trinajstić information content (AvgIpc) is 2.61. The maximum atomic E-state index is 11.3. The first-order chi connectivity index (χ1) is 12.4. The van der Waals surface area contributed by atoms with Crippen molar-refractivity contribution in [1.29, 1.82) is 0 Å². The summed E-state index contributed by atoms with van der Waals surface area (Å²) in [6.45, 7) is 1.97. The van der Waals surface area contributed by atoms with Crippen molar-refractivity contribution in [3.05, 3.63) is 53.9 Å². The smallest absolute Gasteiger partial charge is 0.238 e. The number of aromatic nitrogens is 3. The summed E-state index contributed by atoms with van der Waals surface area (Å²) in [6.07, 6.45) is 1.80. The zero-order valence-corrected chi connectivity index (χ0v) is 15.4. The van der Waals surface area contributed by atoms with Crippen LogP contribution in [-0.4, -0.2) is 23.4 Å². The quantitative estimate of drug-likeness (QED) is 0.713. The van der Waals surface area contributed by atoms with Crippen LogP contribution in [-0.2, 0) is 15.8 Å². The van der Waals surface area contributed by atoms with Crippen molar-refractivity contribution in [2.24, 2.45) is 5.14 Å². The summed E-state index contributed by atoms with van der Waals surface area (Å²) in [5.74, 6) is 1.22. The van der Waals surface area contributed by atoms with E-state index in [0.717, 1.165) is 33.3 Å². The van der Waals surface area contributed by atoms with Crippen LogP contribution in [0.25, 0.3) is 11.3 Å². The molecule has 1 aromatic carbocycles. The second-order valence-electron chi connectivity index (χ2n) is 5.86. The first kappa shape index (κ1) is 17.0. The normalized spacial score (nSPS) is 13.0. The Labute approximate surface area is 155 Å². The van der Waals surface area contributed by atoms with Gasteiger partial charge in [-0.25, -0.2) is 28.5 Å². The van der Waals surface area contributed by atoms with E-state index < -0.39 is 10.0 Å². The molecule has 0 aliphatic carbocycles. The molecule has 2 aromatic heterocycles. The number of thioether (sulfide) groups is 1. The lowest BCUT2D eigenvalue weighted by molar-refractivity contribution is 0.598. The van der Waals surface area contributed by atoms with Gasteiger partial charge in [-0.3, -0.25) is 0 Å². The topological polar surface area (TPSA) is 111 Å². The predicted octanol–water partition coefficient (Wildman–Crippen LogP) is 2.84. The van der Waals surface area contributed by atoms with Crippen molar-refractivity contribution >= 4 is 33.4 Å². The van der Waals surface area contributed by atoms with Gasteiger partial charge in [0, 0.05) is 34.5 Å². The first-order valence-electron chi connectivity index (χ1n) is 7.77. The Bertz CT molecular complexity index is 1100. The van der Waals surface area contributed by atoms with E-state index in [1.54, 1.807) is 30.1 Å². The Balaban J connectivity index is 1.66. The van der Waals surface area contributed by atoms with Gasteiger partial charge in [-0.05, 0) is 43.3 Å². The molecule has 0 unspecified atom stereocenters. The number of benzene rings is 1. The van der Waals surface area contributed by atoms with Gasteiger partial charge < -0.3 is 5.32 Å². The summed E-state index contributed by atoms with van der Waals surface area (Å²) in [5.41, 5.74) is 4.57. The lowest BCUT2D eigenvalue weighted by Gasteiger charge is -2.18. The van der Waals surface area contributed by atoms with Crippen molar-refractivity contribution in [2.75, 3.05) is 5.32 Å². The first-order valence-corrected chi connectivity index (χ1v) is 10.3. The molecule has 1 aliphatic heterocycles. The Kier molecular flexibility index (Phi) is 4.14. The molecule has 132 valence electrons. The molecule has 4 rings (SSSR count). The third-order valence-corrected chi connectivity index (χ3v) is 5.89. The molecular formula is C17H15N5O2S2. The molecule has 3 aromatic rings. The van der Waals surface area contributed by atoms with Gasteiger partial charge in [-0.2, -0.15) is 0 Å². The van der Waals surface area contributed by atoms with E-state index in [1.807, 2.05) is 19.1 Å². The second-order valence-corrected chi connectivity index (χ2v) is 8.38. The van der Waals surface area contributed by atoms with Crippen molar-refractivity contribution in [3.8, 4) is 11.3 Å². The molecule has 0 amide bonds. The van der Waals surface area contributed by atoms with Crippen LogP contribution in [0.5, 0.6) is 0 Å². The minimum absolute atomic E-state index is 0.0572. The number of nitrogens with two attached hydrogens (primary N) is 1. The largest absolute Gasteiger partial charge is 0.324 e. The van der Waals surface area contributed by atoms with Gasteiger partial charge in [0.2, 0.25) is 16.0 Å². The molecule has 26 heavy (non-hydrogen) atoms. The fourth-order valence-corrected chi connectivity index (χ4v) is 4.18. The SMILES string of the molecule is Cc1ccc2c(n1)SCc1cnc(Nc3ccc(S(N)(=O)=O)cc3)nc1-2. The van der Waals surface area contributed by atoms with Crippen molar-refractivity contribution in [3.63, 3.8) is 0 Å². The summed E-state index contributed by atoms with van der Waals surface area (Å²) in [5, 5.41) is 9.17. The summed E-state index contributed by atoms with van der Waals surface area (Å²) in [7, 11) is -3.71. The molecule has 7 nitrogen and oxygen atoms in total. The van der Waals surface area contributed by atoms with Crippen LogP contribution >= 0.6 is 11.8 Å². The van der Waals surface area contributed by atoms with Crippen LogP contribution in [0, 0.1) is 6.92 Å². The Morgan fingerprint density at radius 1 is 1.12 bits per heavy atom. The highest BCUT2D eigenvalue weighted by Gasteiger charge is 2.20. The van der Waals surface area contributed by atoms with E-state index >= 15 is 0 Å². The van der Waals surface area contributed by atoms with Crippen LogP contribution in [0.4, 0.5) is 11.6 Å². The highest BCUT2D eigenvalue weighted by Crippen LogP contribution is 2.39. The fourth-order valence-electron chi connectivity index (χ4n) is 2.63. The maximum absolute atomic E-state index is 11.3. The zero-order chi connectivity index (χ0) is 18.3. The number of primary sulfonamides is 1. The molecule has 3 N–H and O–H groups in total. The van der Waals surface area contributed by atoms with E-state index in [-0.39, 0.29) is 4.90 Å². The number of nitrogens with one attached hydrogen (secondary N) is 1. The number of hydrogen-bond donors (Lipinski definition) is 2. The molecule has 0 saturated carbocycles. The summed E-state index contributed by atoms with van der Waals surface area (Å²) in [6, 6.07) is 10.1. The van der Waals surface area contributed by atoms with Crippen molar-refractivity contribution in [1.82, 2.24) is 15.0 Å². The molecule has 9 heteroatoms. The molecule has 3 heterocycles. The minimum Gasteiger partial charge on any atom is -0.324 e. The number of anilines is 2. The summed E-state index contributed by atoms with van der Waals surface area (Å²) >= 11 is 1.68. The van der Waals surface area contributed by atoms with Gasteiger partial charge in [-0.1, -0.05) is 0 Å². The number of nitrogens with zero attached hydrogens (tertiary/aromatic N) is 3. The van der Waals surface area contributed by atoms with Crippen LogP contribution in [0.2, 0.25) is 0 Å². The number of fused-ring (bicyclic) bond motifs is 3. The molecule has 0 bridgehead atoms. The zero-order valence-electron chi connectivity index (χ0n) is 13.8. The molecule has 1 aliphatic rings. The Morgan fingerprint density at radius 2 is 1.88 bits per heavy atom. The molecule has 0 radical (unpaired) electrons. The number of aryl methyl sites for hydroxylation is 1. The van der Waals surface area contributed by atoms with Crippen LogP contribution in [0.3, 0.4) is 0 Å². The third kappa shape index (κ3) is 3.28. The van der Waals surface area contributed by atoms with Gasteiger partial charge in [0.1, 0.15) is 5.03 Å². The van der Waals surface area contributed by atoms with Crippen LogP contribution in [0.15, 0.2) is 52.5 Å². The van der Waals surface area contributed by atoms with Gasteiger partial charge in [0.15, 0.2) is 0 Å².